The predicted molar refractivity (Wildman–Crippen MR) is 93.3 cm³/mol. The van der Waals surface area contributed by atoms with Crippen molar-refractivity contribution in [1.82, 2.24) is 15.1 Å². The Balaban J connectivity index is 1.45. The van der Waals surface area contributed by atoms with Crippen molar-refractivity contribution in [2.24, 2.45) is 0 Å². The third-order valence-electron chi connectivity index (χ3n) is 5.68. The van der Waals surface area contributed by atoms with E-state index < -0.39 is 0 Å². The number of carbonyl (C=O) groups excluding carboxylic acids is 2. The van der Waals surface area contributed by atoms with E-state index in [4.69, 9.17) is 4.74 Å². The maximum Gasteiger partial charge on any atom is 0.253 e. The minimum atomic E-state index is -0.256. The molecule has 6 heteroatoms. The van der Waals surface area contributed by atoms with Crippen molar-refractivity contribution in [3.8, 4) is 5.75 Å². The molecule has 0 aromatic heterocycles. The van der Waals surface area contributed by atoms with Crippen LogP contribution >= 0.6 is 0 Å². The normalized spacial score (nSPS) is 25.5. The van der Waals surface area contributed by atoms with Gasteiger partial charge in [0.05, 0.1) is 18.8 Å². The minimum absolute atomic E-state index is 0.0489. The number of methoxy groups -OCH3 is 1. The van der Waals surface area contributed by atoms with Crippen molar-refractivity contribution in [3.05, 3.63) is 29.8 Å². The molecule has 134 valence electrons. The number of nitrogens with zero attached hydrogens (tertiary/aromatic N) is 2. The Labute approximate surface area is 148 Å². The van der Waals surface area contributed by atoms with Gasteiger partial charge in [-0.25, -0.2) is 0 Å². The third kappa shape index (κ3) is 2.78. The molecule has 2 aliphatic heterocycles. The number of piperidine rings is 1. The molecule has 2 saturated heterocycles. The van der Waals surface area contributed by atoms with Gasteiger partial charge in [0.15, 0.2) is 0 Å². The summed E-state index contributed by atoms with van der Waals surface area (Å²) in [7, 11) is 1.61. The van der Waals surface area contributed by atoms with Gasteiger partial charge >= 0.3 is 0 Å². The monoisotopic (exact) mass is 343 g/mol. The molecule has 1 N–H and O–H groups in total. The van der Waals surface area contributed by atoms with Crippen LogP contribution in [0.1, 0.15) is 43.0 Å². The van der Waals surface area contributed by atoms with Crippen LogP contribution in [0.15, 0.2) is 24.3 Å². The lowest BCUT2D eigenvalue weighted by atomic mass is 9.95. The molecule has 1 saturated carbocycles. The van der Waals surface area contributed by atoms with E-state index in [9.17, 15) is 9.59 Å². The highest BCUT2D eigenvalue weighted by Gasteiger charge is 2.54. The summed E-state index contributed by atoms with van der Waals surface area (Å²) in [4.78, 5) is 29.3. The number of benzene rings is 1. The number of hydrogen-bond donors (Lipinski definition) is 1. The van der Waals surface area contributed by atoms with Crippen molar-refractivity contribution in [1.29, 1.82) is 0 Å². The molecular weight excluding hydrogens is 318 g/mol. The van der Waals surface area contributed by atoms with E-state index in [1.165, 1.54) is 0 Å². The molecule has 1 aliphatic carbocycles. The zero-order chi connectivity index (χ0) is 17.6. The molecule has 0 radical (unpaired) electrons. The van der Waals surface area contributed by atoms with Gasteiger partial charge in [0, 0.05) is 37.5 Å². The number of nitrogens with one attached hydrogen (secondary N) is 1. The molecule has 6 nitrogen and oxygen atoms in total. The minimum Gasteiger partial charge on any atom is -0.497 e. The van der Waals surface area contributed by atoms with E-state index in [2.05, 4.69) is 10.2 Å². The van der Waals surface area contributed by atoms with Gasteiger partial charge in [-0.1, -0.05) is 0 Å². The number of carbonyl (C=O) groups is 2. The first kappa shape index (κ1) is 16.4. The fourth-order valence-electron chi connectivity index (χ4n) is 4.20. The summed E-state index contributed by atoms with van der Waals surface area (Å²) in [6.45, 7) is 3.28. The smallest absolute Gasteiger partial charge is 0.253 e. The van der Waals surface area contributed by atoms with Crippen LogP contribution < -0.4 is 10.1 Å². The summed E-state index contributed by atoms with van der Waals surface area (Å²) in [5.74, 6) is 1.02. The molecule has 3 aliphatic rings. The first-order valence-electron chi connectivity index (χ1n) is 9.08. The Kier molecular flexibility index (Phi) is 3.95. The average molecular weight is 343 g/mol. The lowest BCUT2D eigenvalue weighted by Gasteiger charge is -2.45. The van der Waals surface area contributed by atoms with E-state index >= 15 is 0 Å². The van der Waals surface area contributed by atoms with Crippen molar-refractivity contribution >= 4 is 11.8 Å². The first-order valence-corrected chi connectivity index (χ1v) is 9.08. The van der Waals surface area contributed by atoms with E-state index in [-0.39, 0.29) is 23.5 Å². The highest BCUT2D eigenvalue weighted by Crippen LogP contribution is 2.41. The Bertz CT molecular complexity index is 676. The summed E-state index contributed by atoms with van der Waals surface area (Å²) in [5, 5.41) is 3.53. The molecule has 0 unspecified atom stereocenters. The van der Waals surface area contributed by atoms with Crippen LogP contribution in [0, 0.1) is 0 Å². The van der Waals surface area contributed by atoms with Gasteiger partial charge in [0.25, 0.3) is 5.91 Å². The standard InChI is InChI=1S/C19H25N3O3/c1-13-17(23)22(15-5-6-15)19(20-13)9-11-21(12-10-19)18(24)14-3-7-16(25-2)8-4-14/h3-4,7-8,13,15,20H,5-6,9-12H2,1-2H3/t13-/m1/s1. The predicted octanol–water partition coefficient (Wildman–Crippen LogP) is 1.61. The summed E-state index contributed by atoms with van der Waals surface area (Å²) in [6.07, 6.45) is 3.80. The number of hydrogen-bond acceptors (Lipinski definition) is 4. The molecule has 1 aromatic rings. The summed E-state index contributed by atoms with van der Waals surface area (Å²) >= 11 is 0. The molecule has 25 heavy (non-hydrogen) atoms. The van der Waals surface area contributed by atoms with Gasteiger partial charge in [0.1, 0.15) is 5.75 Å². The summed E-state index contributed by atoms with van der Waals surface area (Å²) in [6, 6.07) is 7.51. The zero-order valence-corrected chi connectivity index (χ0v) is 14.8. The summed E-state index contributed by atoms with van der Waals surface area (Å²) in [5.41, 5.74) is 0.425. The molecule has 2 amide bonds. The van der Waals surface area contributed by atoms with Gasteiger partial charge in [0.2, 0.25) is 5.91 Å². The van der Waals surface area contributed by atoms with E-state index in [0.29, 0.717) is 24.7 Å². The number of likely N-dealkylation sites (tertiary alicyclic amines) is 1. The second-order valence-electron chi connectivity index (χ2n) is 7.36. The number of ether oxygens (including phenoxy) is 1. The van der Waals surface area contributed by atoms with Crippen LogP contribution in [0.5, 0.6) is 5.75 Å². The topological polar surface area (TPSA) is 61.9 Å². The van der Waals surface area contributed by atoms with Crippen molar-refractivity contribution in [2.75, 3.05) is 20.2 Å². The van der Waals surface area contributed by atoms with Crippen LogP contribution in [-0.2, 0) is 4.79 Å². The highest BCUT2D eigenvalue weighted by atomic mass is 16.5. The van der Waals surface area contributed by atoms with Gasteiger partial charge in [-0.05, 0) is 44.0 Å². The van der Waals surface area contributed by atoms with Gasteiger partial charge in [-0.3, -0.25) is 14.9 Å². The molecule has 4 rings (SSSR count). The molecular formula is C19H25N3O3. The van der Waals surface area contributed by atoms with E-state index in [1.807, 2.05) is 36.1 Å². The quantitative estimate of drug-likeness (QED) is 0.906. The maximum atomic E-state index is 12.7. The van der Waals surface area contributed by atoms with Gasteiger partial charge in [-0.15, -0.1) is 0 Å². The van der Waals surface area contributed by atoms with E-state index in [0.717, 1.165) is 31.4 Å². The lowest BCUT2D eigenvalue weighted by molar-refractivity contribution is -0.133. The van der Waals surface area contributed by atoms with Crippen LogP contribution in [0.3, 0.4) is 0 Å². The highest BCUT2D eigenvalue weighted by molar-refractivity contribution is 5.94. The van der Waals surface area contributed by atoms with Gasteiger partial charge in [-0.2, -0.15) is 0 Å². The Morgan fingerprint density at radius 3 is 2.40 bits per heavy atom. The Morgan fingerprint density at radius 1 is 1.20 bits per heavy atom. The van der Waals surface area contributed by atoms with Gasteiger partial charge < -0.3 is 14.5 Å². The van der Waals surface area contributed by atoms with Crippen molar-refractivity contribution in [3.63, 3.8) is 0 Å². The Morgan fingerprint density at radius 2 is 1.84 bits per heavy atom. The molecule has 1 aromatic carbocycles. The Hall–Kier alpha value is -2.08. The maximum absolute atomic E-state index is 12.7. The second-order valence-corrected chi connectivity index (χ2v) is 7.36. The molecule has 2 heterocycles. The first-order chi connectivity index (χ1) is 12.0. The third-order valence-corrected chi connectivity index (χ3v) is 5.68. The number of rotatable bonds is 3. The summed E-state index contributed by atoms with van der Waals surface area (Å²) < 4.78 is 5.15. The van der Waals surface area contributed by atoms with Crippen LogP contribution in [0.25, 0.3) is 0 Å². The fourth-order valence-corrected chi connectivity index (χ4v) is 4.20. The molecule has 1 spiro atoms. The zero-order valence-electron chi connectivity index (χ0n) is 14.8. The molecule has 0 bridgehead atoms. The fraction of sp³-hybridized carbons (Fsp3) is 0.579. The van der Waals surface area contributed by atoms with Crippen LogP contribution in [-0.4, -0.2) is 59.6 Å². The van der Waals surface area contributed by atoms with Crippen LogP contribution in [0.4, 0.5) is 0 Å². The molecule has 1 atom stereocenters. The number of amides is 2. The van der Waals surface area contributed by atoms with Crippen molar-refractivity contribution in [2.45, 2.75) is 50.4 Å². The van der Waals surface area contributed by atoms with Crippen LogP contribution in [0.2, 0.25) is 0 Å². The van der Waals surface area contributed by atoms with Crippen molar-refractivity contribution < 1.29 is 14.3 Å². The van der Waals surface area contributed by atoms with E-state index in [1.54, 1.807) is 7.11 Å². The largest absolute Gasteiger partial charge is 0.497 e. The molecule has 3 fully saturated rings. The average Bonchev–Trinajstić information content (AvgIpc) is 3.43. The second kappa shape index (κ2) is 6.02. The lowest BCUT2D eigenvalue weighted by Crippen LogP contribution is -2.60. The SMILES string of the molecule is COc1ccc(C(=O)N2CCC3(CC2)N[C@H](C)C(=O)N3C2CC2)cc1.